The summed E-state index contributed by atoms with van der Waals surface area (Å²) in [7, 11) is 0. The number of aromatic nitrogens is 1. The molecule has 1 aliphatic heterocycles. The van der Waals surface area contributed by atoms with Crippen molar-refractivity contribution in [1.82, 2.24) is 4.98 Å². The van der Waals surface area contributed by atoms with Crippen LogP contribution in [-0.4, -0.2) is 42.0 Å². The molecule has 1 aromatic heterocycles. The number of ether oxygens (including phenoxy) is 2. The lowest BCUT2D eigenvalue weighted by Crippen LogP contribution is -2.47. The summed E-state index contributed by atoms with van der Waals surface area (Å²) in [5.41, 5.74) is 1.99. The van der Waals surface area contributed by atoms with Crippen LogP contribution in [0.25, 0.3) is 0 Å². The molecule has 2 aromatic rings. The zero-order chi connectivity index (χ0) is 22.0. The molecule has 0 aliphatic carbocycles. The van der Waals surface area contributed by atoms with E-state index in [0.717, 1.165) is 16.9 Å². The van der Waals surface area contributed by atoms with E-state index in [2.05, 4.69) is 10.3 Å². The highest BCUT2D eigenvalue weighted by atomic mass is 32.1. The van der Waals surface area contributed by atoms with Gasteiger partial charge in [0.1, 0.15) is 17.2 Å². The Kier molecular flexibility index (Phi) is 6.40. The van der Waals surface area contributed by atoms with Crippen LogP contribution in [0, 0.1) is 19.8 Å². The summed E-state index contributed by atoms with van der Waals surface area (Å²) in [5, 5.41) is 2.96. The third kappa shape index (κ3) is 4.79. The van der Waals surface area contributed by atoms with Crippen LogP contribution in [0.5, 0.6) is 5.75 Å². The Morgan fingerprint density at radius 2 is 2.07 bits per heavy atom. The topological polar surface area (TPSA) is 97.8 Å². The number of rotatable bonds is 6. The first-order valence-electron chi connectivity index (χ1n) is 9.68. The quantitative estimate of drug-likeness (QED) is 0.705. The average molecular weight is 432 g/mol. The molecule has 0 saturated carbocycles. The Morgan fingerprint density at radius 3 is 2.77 bits per heavy atom. The van der Waals surface area contributed by atoms with Crippen molar-refractivity contribution in [2.24, 2.45) is 5.92 Å². The van der Waals surface area contributed by atoms with E-state index < -0.39 is 18.0 Å². The summed E-state index contributed by atoms with van der Waals surface area (Å²) < 4.78 is 10.9. The maximum atomic E-state index is 12.6. The van der Waals surface area contributed by atoms with Crippen molar-refractivity contribution >= 4 is 39.9 Å². The Hall–Kier alpha value is -2.94. The first-order valence-corrected chi connectivity index (χ1v) is 10.5. The molecule has 1 unspecified atom stereocenters. The SMILES string of the molecule is Cc1ccc2c(c1)N(CC(=O)Nc1nc(C)c(C(=O)OCC(C)C)s1)C(=O)C(C)O2. The van der Waals surface area contributed by atoms with Crippen LogP contribution < -0.4 is 15.0 Å². The lowest BCUT2D eigenvalue weighted by atomic mass is 10.1. The zero-order valence-corrected chi connectivity index (χ0v) is 18.5. The van der Waals surface area contributed by atoms with Crippen molar-refractivity contribution < 1.29 is 23.9 Å². The fraction of sp³-hybridized carbons (Fsp3) is 0.429. The number of aryl methyl sites for hydroxylation is 2. The minimum absolute atomic E-state index is 0.186. The Bertz CT molecular complexity index is 985. The summed E-state index contributed by atoms with van der Waals surface area (Å²) in [6, 6.07) is 5.48. The van der Waals surface area contributed by atoms with Gasteiger partial charge >= 0.3 is 5.97 Å². The highest BCUT2D eigenvalue weighted by molar-refractivity contribution is 7.17. The molecule has 0 radical (unpaired) electrons. The summed E-state index contributed by atoms with van der Waals surface area (Å²) in [5.74, 6) is -0.389. The minimum Gasteiger partial charge on any atom is -0.479 e. The summed E-state index contributed by atoms with van der Waals surface area (Å²) >= 11 is 1.05. The van der Waals surface area contributed by atoms with Crippen molar-refractivity contribution in [3.63, 3.8) is 0 Å². The Morgan fingerprint density at radius 1 is 1.33 bits per heavy atom. The average Bonchev–Trinajstić information content (AvgIpc) is 3.04. The minimum atomic E-state index is -0.683. The van der Waals surface area contributed by atoms with Crippen LogP contribution in [0.2, 0.25) is 0 Å². The van der Waals surface area contributed by atoms with E-state index in [1.165, 1.54) is 4.90 Å². The second kappa shape index (κ2) is 8.83. The van der Waals surface area contributed by atoms with Gasteiger partial charge in [-0.2, -0.15) is 0 Å². The van der Waals surface area contributed by atoms with Gasteiger partial charge in [0.2, 0.25) is 5.91 Å². The molecule has 1 atom stereocenters. The number of benzene rings is 1. The predicted octanol–water partition coefficient (Wildman–Crippen LogP) is 3.33. The first-order chi connectivity index (χ1) is 14.2. The van der Waals surface area contributed by atoms with Gasteiger partial charge in [-0.15, -0.1) is 0 Å². The maximum absolute atomic E-state index is 12.6. The summed E-state index contributed by atoms with van der Waals surface area (Å²) in [6.07, 6.45) is -0.683. The molecule has 0 fully saturated rings. The first kappa shape index (κ1) is 21.8. The van der Waals surface area contributed by atoms with Crippen molar-refractivity contribution in [2.75, 3.05) is 23.4 Å². The van der Waals surface area contributed by atoms with Gasteiger partial charge < -0.3 is 14.8 Å². The van der Waals surface area contributed by atoms with E-state index in [4.69, 9.17) is 9.47 Å². The number of carbonyl (C=O) groups excluding carboxylic acids is 3. The number of esters is 1. The van der Waals surface area contributed by atoms with Gasteiger partial charge in [0.15, 0.2) is 11.2 Å². The lowest BCUT2D eigenvalue weighted by molar-refractivity contribution is -0.127. The van der Waals surface area contributed by atoms with E-state index in [9.17, 15) is 14.4 Å². The second-order valence-corrected chi connectivity index (χ2v) is 8.63. The van der Waals surface area contributed by atoms with Crippen molar-refractivity contribution in [3.8, 4) is 5.75 Å². The molecule has 9 heteroatoms. The molecule has 2 heterocycles. The van der Waals surface area contributed by atoms with Crippen LogP contribution in [0.15, 0.2) is 18.2 Å². The van der Waals surface area contributed by atoms with Crippen LogP contribution >= 0.6 is 11.3 Å². The third-order valence-electron chi connectivity index (χ3n) is 4.40. The van der Waals surface area contributed by atoms with Gasteiger partial charge in [0.05, 0.1) is 18.0 Å². The van der Waals surface area contributed by atoms with Crippen LogP contribution in [0.1, 0.15) is 41.7 Å². The van der Waals surface area contributed by atoms with Crippen LogP contribution in [0.3, 0.4) is 0 Å². The molecule has 1 aliphatic rings. The largest absolute Gasteiger partial charge is 0.479 e. The number of amides is 2. The smallest absolute Gasteiger partial charge is 0.350 e. The van der Waals surface area contributed by atoms with E-state index in [0.29, 0.717) is 28.6 Å². The van der Waals surface area contributed by atoms with E-state index in [-0.39, 0.29) is 23.5 Å². The number of nitrogens with zero attached hydrogens (tertiary/aromatic N) is 2. The molecule has 0 saturated heterocycles. The number of carbonyl (C=O) groups is 3. The number of anilines is 2. The lowest BCUT2D eigenvalue weighted by Gasteiger charge is -2.32. The number of thiazole rings is 1. The van der Waals surface area contributed by atoms with E-state index in [1.807, 2.05) is 32.9 Å². The van der Waals surface area contributed by atoms with Crippen molar-refractivity contribution in [1.29, 1.82) is 0 Å². The predicted molar refractivity (Wildman–Crippen MR) is 114 cm³/mol. The Labute approximate surface area is 179 Å². The van der Waals surface area contributed by atoms with Gasteiger partial charge in [0, 0.05) is 0 Å². The molecule has 30 heavy (non-hydrogen) atoms. The fourth-order valence-corrected chi connectivity index (χ4v) is 3.81. The van der Waals surface area contributed by atoms with Crippen LogP contribution in [0.4, 0.5) is 10.8 Å². The monoisotopic (exact) mass is 431 g/mol. The molecule has 1 N–H and O–H groups in total. The van der Waals surface area contributed by atoms with Crippen LogP contribution in [-0.2, 0) is 14.3 Å². The van der Waals surface area contributed by atoms with E-state index >= 15 is 0 Å². The number of nitrogens with one attached hydrogen (secondary N) is 1. The van der Waals surface area contributed by atoms with Crippen molar-refractivity contribution in [3.05, 3.63) is 34.3 Å². The zero-order valence-electron chi connectivity index (χ0n) is 17.6. The molecule has 0 bridgehead atoms. The molecule has 8 nitrogen and oxygen atoms in total. The van der Waals surface area contributed by atoms with Gasteiger partial charge in [-0.25, -0.2) is 9.78 Å². The molecule has 160 valence electrons. The van der Waals surface area contributed by atoms with Gasteiger partial charge in [-0.3, -0.25) is 14.5 Å². The molecule has 0 spiro atoms. The molecule has 2 amide bonds. The summed E-state index contributed by atoms with van der Waals surface area (Å²) in [4.78, 5) is 43.4. The van der Waals surface area contributed by atoms with Crippen molar-refractivity contribution in [2.45, 2.75) is 40.7 Å². The molecular weight excluding hydrogens is 406 g/mol. The highest BCUT2D eigenvalue weighted by Gasteiger charge is 2.33. The molecule has 3 rings (SSSR count). The van der Waals surface area contributed by atoms with Gasteiger partial charge in [-0.1, -0.05) is 31.3 Å². The summed E-state index contributed by atoms with van der Waals surface area (Å²) in [6.45, 7) is 9.26. The number of fused-ring (bicyclic) bond motifs is 1. The Balaban J connectivity index is 1.72. The number of hydrogen-bond donors (Lipinski definition) is 1. The highest BCUT2D eigenvalue weighted by Crippen LogP contribution is 2.34. The second-order valence-electron chi connectivity index (χ2n) is 7.63. The molecular formula is C21H25N3O5S. The third-order valence-corrected chi connectivity index (χ3v) is 5.45. The van der Waals surface area contributed by atoms with Gasteiger partial charge in [-0.05, 0) is 44.4 Å². The standard InChI is InChI=1S/C21H25N3O5S/c1-11(2)10-28-20(27)18-13(4)22-21(30-18)23-17(25)9-24-15-8-12(3)6-7-16(15)29-14(5)19(24)26/h6-8,11,14H,9-10H2,1-5H3,(H,22,23,25). The normalized spacial score (nSPS) is 15.6. The molecule has 1 aromatic carbocycles. The number of hydrogen-bond acceptors (Lipinski definition) is 7. The van der Waals surface area contributed by atoms with E-state index in [1.54, 1.807) is 19.9 Å². The van der Waals surface area contributed by atoms with Gasteiger partial charge in [0.25, 0.3) is 5.91 Å². The maximum Gasteiger partial charge on any atom is 0.350 e. The fourth-order valence-electron chi connectivity index (χ4n) is 2.93.